The summed E-state index contributed by atoms with van der Waals surface area (Å²) in [5, 5.41) is 8.75. The van der Waals surface area contributed by atoms with Crippen molar-refractivity contribution in [1.82, 2.24) is 20.9 Å². The average molecular weight is 285 g/mol. The van der Waals surface area contributed by atoms with Crippen molar-refractivity contribution < 1.29 is 14.3 Å². The number of nitrogens with zero attached hydrogens (tertiary/aromatic N) is 2. The van der Waals surface area contributed by atoms with Crippen LogP contribution in [-0.4, -0.2) is 68.7 Å². The Kier molecular flexibility index (Phi) is 6.78. The molecule has 0 aromatic rings. The standard InChI is InChI=1S/C12H23N5O3/c1-4-13-11(16-9(2)8-20-3)14-5-6-17-10(18)7-15-12(17)19/h9H,4-8H2,1-3H3,(H,15,19)(H2,13,14,16). The zero-order valence-electron chi connectivity index (χ0n) is 12.2. The van der Waals surface area contributed by atoms with Crippen LogP contribution in [0, 0.1) is 0 Å². The van der Waals surface area contributed by atoms with E-state index in [-0.39, 0.29) is 31.1 Å². The zero-order valence-corrected chi connectivity index (χ0v) is 12.2. The molecule has 1 fully saturated rings. The van der Waals surface area contributed by atoms with E-state index in [0.29, 0.717) is 19.1 Å². The van der Waals surface area contributed by atoms with Crippen LogP contribution in [-0.2, 0) is 9.53 Å². The maximum absolute atomic E-state index is 11.4. The number of amides is 3. The first-order chi connectivity index (χ1) is 9.58. The summed E-state index contributed by atoms with van der Waals surface area (Å²) < 4.78 is 5.05. The highest BCUT2D eigenvalue weighted by Gasteiger charge is 2.27. The highest BCUT2D eigenvalue weighted by molar-refractivity contribution is 6.01. The Bertz CT molecular complexity index is 356. The molecule has 1 aliphatic rings. The van der Waals surface area contributed by atoms with Gasteiger partial charge in [-0.25, -0.2) is 4.79 Å². The number of aliphatic imine (C=N–C) groups is 1. The number of hydrogen-bond acceptors (Lipinski definition) is 4. The molecule has 1 atom stereocenters. The largest absolute Gasteiger partial charge is 0.383 e. The Balaban J connectivity index is 2.45. The molecule has 8 nitrogen and oxygen atoms in total. The molecule has 0 bridgehead atoms. The molecule has 1 rings (SSSR count). The van der Waals surface area contributed by atoms with E-state index in [4.69, 9.17) is 4.74 Å². The third-order valence-corrected chi connectivity index (χ3v) is 2.67. The molecule has 0 saturated carbocycles. The lowest BCUT2D eigenvalue weighted by molar-refractivity contribution is -0.124. The summed E-state index contributed by atoms with van der Waals surface area (Å²) in [6, 6.07) is -0.231. The third kappa shape index (κ3) is 5.04. The van der Waals surface area contributed by atoms with Gasteiger partial charge in [-0.1, -0.05) is 0 Å². The Morgan fingerprint density at radius 1 is 1.55 bits per heavy atom. The second-order valence-electron chi connectivity index (χ2n) is 4.47. The Morgan fingerprint density at radius 2 is 2.30 bits per heavy atom. The van der Waals surface area contributed by atoms with Crippen LogP contribution >= 0.6 is 0 Å². The monoisotopic (exact) mass is 285 g/mol. The fourth-order valence-electron chi connectivity index (χ4n) is 1.79. The molecule has 0 radical (unpaired) electrons. The number of ether oxygens (including phenoxy) is 1. The van der Waals surface area contributed by atoms with E-state index in [9.17, 15) is 9.59 Å². The number of urea groups is 1. The molecule has 0 aromatic carbocycles. The highest BCUT2D eigenvalue weighted by atomic mass is 16.5. The number of carbonyl (C=O) groups excluding carboxylic acids is 2. The van der Waals surface area contributed by atoms with Gasteiger partial charge in [0.25, 0.3) is 0 Å². The van der Waals surface area contributed by atoms with Gasteiger partial charge >= 0.3 is 6.03 Å². The molecule has 1 unspecified atom stereocenters. The molecule has 0 aliphatic carbocycles. The number of hydrogen-bond donors (Lipinski definition) is 3. The van der Waals surface area contributed by atoms with Crippen LogP contribution in [0.3, 0.4) is 0 Å². The fourth-order valence-corrected chi connectivity index (χ4v) is 1.79. The Labute approximate surface area is 118 Å². The minimum absolute atomic E-state index is 0.0751. The lowest BCUT2D eigenvalue weighted by Crippen LogP contribution is -2.44. The van der Waals surface area contributed by atoms with Crippen LogP contribution in [0.15, 0.2) is 4.99 Å². The molecule has 8 heteroatoms. The lowest BCUT2D eigenvalue weighted by atomic mass is 10.4. The Hall–Kier alpha value is -1.83. The number of rotatable bonds is 7. The summed E-state index contributed by atoms with van der Waals surface area (Å²) in [7, 11) is 1.64. The van der Waals surface area contributed by atoms with Crippen molar-refractivity contribution in [3.8, 4) is 0 Å². The fraction of sp³-hybridized carbons (Fsp3) is 0.750. The number of imide groups is 1. The molecule has 1 aliphatic heterocycles. The number of guanidine groups is 1. The average Bonchev–Trinajstić information content (AvgIpc) is 2.70. The van der Waals surface area contributed by atoms with Crippen LogP contribution in [0.5, 0.6) is 0 Å². The normalized spacial score (nSPS) is 17.1. The molecular formula is C12H23N5O3. The number of nitrogens with one attached hydrogen (secondary N) is 3. The number of methoxy groups -OCH3 is 1. The van der Waals surface area contributed by atoms with E-state index in [0.717, 1.165) is 6.54 Å². The van der Waals surface area contributed by atoms with Gasteiger partial charge < -0.3 is 20.7 Å². The first-order valence-electron chi connectivity index (χ1n) is 6.70. The molecule has 20 heavy (non-hydrogen) atoms. The second kappa shape index (κ2) is 8.36. The van der Waals surface area contributed by atoms with Crippen molar-refractivity contribution >= 4 is 17.9 Å². The summed E-state index contributed by atoms with van der Waals surface area (Å²) >= 11 is 0. The summed E-state index contributed by atoms with van der Waals surface area (Å²) in [5.74, 6) is 0.431. The van der Waals surface area contributed by atoms with Crippen LogP contribution < -0.4 is 16.0 Å². The van der Waals surface area contributed by atoms with Gasteiger partial charge in [0.2, 0.25) is 5.91 Å². The van der Waals surface area contributed by atoms with Crippen molar-refractivity contribution in [1.29, 1.82) is 0 Å². The van der Waals surface area contributed by atoms with Crippen molar-refractivity contribution in [2.45, 2.75) is 19.9 Å². The van der Waals surface area contributed by atoms with Gasteiger partial charge in [-0.05, 0) is 13.8 Å². The van der Waals surface area contributed by atoms with Gasteiger partial charge in [-0.15, -0.1) is 0 Å². The van der Waals surface area contributed by atoms with Crippen molar-refractivity contribution in [2.75, 3.05) is 39.9 Å². The Morgan fingerprint density at radius 3 is 2.85 bits per heavy atom. The molecule has 114 valence electrons. The quantitative estimate of drug-likeness (QED) is 0.321. The molecule has 0 aromatic heterocycles. The van der Waals surface area contributed by atoms with E-state index in [2.05, 4.69) is 20.9 Å². The van der Waals surface area contributed by atoms with Gasteiger partial charge in [0.15, 0.2) is 5.96 Å². The van der Waals surface area contributed by atoms with Crippen molar-refractivity contribution in [3.63, 3.8) is 0 Å². The van der Waals surface area contributed by atoms with Gasteiger partial charge in [0.05, 0.1) is 26.2 Å². The highest BCUT2D eigenvalue weighted by Crippen LogP contribution is 1.98. The third-order valence-electron chi connectivity index (χ3n) is 2.67. The lowest BCUT2D eigenvalue weighted by Gasteiger charge is -2.17. The minimum atomic E-state index is -0.351. The van der Waals surface area contributed by atoms with E-state index in [1.165, 1.54) is 4.90 Å². The van der Waals surface area contributed by atoms with Crippen molar-refractivity contribution in [2.24, 2.45) is 4.99 Å². The maximum Gasteiger partial charge on any atom is 0.324 e. The second-order valence-corrected chi connectivity index (χ2v) is 4.47. The predicted octanol–water partition coefficient (Wildman–Crippen LogP) is -0.872. The van der Waals surface area contributed by atoms with E-state index in [1.54, 1.807) is 7.11 Å². The first-order valence-corrected chi connectivity index (χ1v) is 6.70. The minimum Gasteiger partial charge on any atom is -0.383 e. The molecular weight excluding hydrogens is 262 g/mol. The van der Waals surface area contributed by atoms with Gasteiger partial charge in [0, 0.05) is 19.7 Å². The molecule has 0 spiro atoms. The van der Waals surface area contributed by atoms with E-state index >= 15 is 0 Å². The first kappa shape index (κ1) is 16.2. The van der Waals surface area contributed by atoms with Crippen LogP contribution in [0.25, 0.3) is 0 Å². The smallest absolute Gasteiger partial charge is 0.324 e. The van der Waals surface area contributed by atoms with Crippen molar-refractivity contribution in [3.05, 3.63) is 0 Å². The molecule has 3 amide bonds. The summed E-state index contributed by atoms with van der Waals surface area (Å²) in [4.78, 5) is 28.2. The summed E-state index contributed by atoms with van der Waals surface area (Å²) in [6.07, 6.45) is 0. The SMILES string of the molecule is CCNC(=NCCN1C(=O)CNC1=O)NC(C)COC. The van der Waals surface area contributed by atoms with Gasteiger partial charge in [-0.3, -0.25) is 14.7 Å². The topological polar surface area (TPSA) is 95.1 Å². The van der Waals surface area contributed by atoms with Crippen LogP contribution in [0.1, 0.15) is 13.8 Å². The predicted molar refractivity (Wildman–Crippen MR) is 75.6 cm³/mol. The van der Waals surface area contributed by atoms with Crippen LogP contribution in [0.4, 0.5) is 4.79 Å². The summed E-state index contributed by atoms with van der Waals surface area (Å²) in [6.45, 7) is 5.95. The van der Waals surface area contributed by atoms with Gasteiger partial charge in [-0.2, -0.15) is 0 Å². The summed E-state index contributed by atoms with van der Waals surface area (Å²) in [5.41, 5.74) is 0. The molecule has 1 saturated heterocycles. The molecule has 1 heterocycles. The molecule has 3 N–H and O–H groups in total. The van der Waals surface area contributed by atoms with E-state index < -0.39 is 0 Å². The van der Waals surface area contributed by atoms with Gasteiger partial charge in [0.1, 0.15) is 0 Å². The van der Waals surface area contributed by atoms with E-state index in [1.807, 2.05) is 13.8 Å². The zero-order chi connectivity index (χ0) is 15.0. The van der Waals surface area contributed by atoms with Crippen LogP contribution in [0.2, 0.25) is 0 Å². The maximum atomic E-state index is 11.4. The number of carbonyl (C=O) groups is 2.